The number of halogens is 1. The van der Waals surface area contributed by atoms with Crippen LogP contribution in [0.5, 0.6) is 11.5 Å². The van der Waals surface area contributed by atoms with Gasteiger partial charge in [-0.25, -0.2) is 0 Å². The lowest BCUT2D eigenvalue weighted by Crippen LogP contribution is -2.15. The number of hydrogen-bond donors (Lipinski definition) is 1. The van der Waals surface area contributed by atoms with Gasteiger partial charge in [0.1, 0.15) is 6.07 Å². The van der Waals surface area contributed by atoms with Crippen LogP contribution in [0.25, 0.3) is 0 Å². The molecule has 0 spiro atoms. The maximum Gasteiger partial charge on any atom is 0.184 e. The first-order valence-corrected chi connectivity index (χ1v) is 7.67. The van der Waals surface area contributed by atoms with Gasteiger partial charge in [-0.1, -0.05) is 13.8 Å². The average Bonchev–Trinajstić information content (AvgIpc) is 2.45. The lowest BCUT2D eigenvalue weighted by atomic mass is 10.2. The molecule has 20 heavy (non-hydrogen) atoms. The molecule has 1 aromatic carbocycles. The van der Waals surface area contributed by atoms with Crippen molar-refractivity contribution in [2.24, 2.45) is 0 Å². The normalized spacial score (nSPS) is 11.8. The summed E-state index contributed by atoms with van der Waals surface area (Å²) in [5, 5.41) is 12.3. The van der Waals surface area contributed by atoms with Crippen LogP contribution in [-0.2, 0) is 6.54 Å². The number of nitrogens with zero attached hydrogens (tertiary/aromatic N) is 1. The third-order valence-electron chi connectivity index (χ3n) is 2.72. The molecule has 0 aliphatic heterocycles. The quantitative estimate of drug-likeness (QED) is 0.784. The van der Waals surface area contributed by atoms with Gasteiger partial charge in [-0.3, -0.25) is 0 Å². The fourth-order valence-electron chi connectivity index (χ4n) is 1.71. The van der Waals surface area contributed by atoms with Crippen molar-refractivity contribution >= 4 is 15.9 Å². The van der Waals surface area contributed by atoms with E-state index in [1.807, 2.05) is 26.0 Å². The second-order valence-electron chi connectivity index (χ2n) is 4.26. The summed E-state index contributed by atoms with van der Waals surface area (Å²) in [7, 11) is 0. The molecule has 4 nitrogen and oxygen atoms in total. The van der Waals surface area contributed by atoms with Gasteiger partial charge in [-0.2, -0.15) is 5.26 Å². The van der Waals surface area contributed by atoms with Crippen LogP contribution in [0.4, 0.5) is 0 Å². The average molecular weight is 341 g/mol. The maximum atomic E-state index is 9.03. The van der Waals surface area contributed by atoms with Gasteiger partial charge in [0.25, 0.3) is 0 Å². The highest BCUT2D eigenvalue weighted by Crippen LogP contribution is 2.37. The molecule has 5 heteroatoms. The van der Waals surface area contributed by atoms with Crippen LogP contribution in [0.2, 0.25) is 0 Å². The van der Waals surface area contributed by atoms with E-state index >= 15 is 0 Å². The van der Waals surface area contributed by atoms with Crippen molar-refractivity contribution in [1.29, 1.82) is 5.26 Å². The zero-order valence-electron chi connectivity index (χ0n) is 12.2. The number of nitriles is 1. The molecule has 0 radical (unpaired) electrons. The molecule has 0 bridgehead atoms. The first kappa shape index (κ1) is 16.8. The molecule has 1 aromatic rings. The lowest BCUT2D eigenvalue weighted by molar-refractivity contribution is 0.230. The Bertz CT molecular complexity index is 472. The molecular weight excluding hydrogens is 320 g/mol. The van der Waals surface area contributed by atoms with E-state index in [2.05, 4.69) is 34.2 Å². The third kappa shape index (κ3) is 4.69. The third-order valence-corrected chi connectivity index (χ3v) is 3.31. The molecular formula is C15H21BrN2O2. The van der Waals surface area contributed by atoms with Gasteiger partial charge < -0.3 is 14.8 Å². The fraction of sp³-hybridized carbons (Fsp3) is 0.533. The molecule has 1 rings (SSSR count). The Labute approximate surface area is 129 Å². The molecule has 1 atom stereocenters. The van der Waals surface area contributed by atoms with E-state index in [1.54, 1.807) is 0 Å². The van der Waals surface area contributed by atoms with Crippen molar-refractivity contribution in [3.8, 4) is 17.6 Å². The smallest absolute Gasteiger partial charge is 0.184 e. The Balaban J connectivity index is 3.05. The lowest BCUT2D eigenvalue weighted by Gasteiger charge is -2.17. The number of rotatable bonds is 8. The standard InChI is InChI=1S/C15H21BrN2O2/c1-4-12(9-17)20-15-13(16)7-11(10-18-5-2)8-14(15)19-6-3/h7-8,12,18H,4-6,10H2,1-3H3. The van der Waals surface area contributed by atoms with Crippen LogP contribution in [0.3, 0.4) is 0 Å². The van der Waals surface area contributed by atoms with Gasteiger partial charge in [0.05, 0.1) is 11.1 Å². The van der Waals surface area contributed by atoms with Gasteiger partial charge in [0.15, 0.2) is 17.6 Å². The molecule has 0 fully saturated rings. The van der Waals surface area contributed by atoms with Crippen LogP contribution < -0.4 is 14.8 Å². The minimum absolute atomic E-state index is 0.467. The number of hydrogen-bond acceptors (Lipinski definition) is 4. The van der Waals surface area contributed by atoms with E-state index < -0.39 is 6.10 Å². The van der Waals surface area contributed by atoms with Crippen LogP contribution in [0.15, 0.2) is 16.6 Å². The van der Waals surface area contributed by atoms with Crippen molar-refractivity contribution in [2.45, 2.75) is 39.8 Å². The highest BCUT2D eigenvalue weighted by atomic mass is 79.9. The highest BCUT2D eigenvalue weighted by molar-refractivity contribution is 9.10. The summed E-state index contributed by atoms with van der Waals surface area (Å²) in [6.07, 6.45) is 0.165. The largest absolute Gasteiger partial charge is 0.490 e. The van der Waals surface area contributed by atoms with Gasteiger partial charge >= 0.3 is 0 Å². The predicted octanol–water partition coefficient (Wildman–Crippen LogP) is 3.64. The molecule has 0 saturated carbocycles. The fourth-order valence-corrected chi connectivity index (χ4v) is 2.30. The zero-order chi connectivity index (χ0) is 15.0. The molecule has 0 aliphatic rings. The topological polar surface area (TPSA) is 54.3 Å². The molecule has 1 N–H and O–H groups in total. The number of ether oxygens (including phenoxy) is 2. The van der Waals surface area contributed by atoms with Crippen LogP contribution >= 0.6 is 15.9 Å². The van der Waals surface area contributed by atoms with E-state index in [-0.39, 0.29) is 0 Å². The summed E-state index contributed by atoms with van der Waals surface area (Å²) in [6.45, 7) is 8.14. The van der Waals surface area contributed by atoms with Gasteiger partial charge in [0, 0.05) is 6.54 Å². The monoisotopic (exact) mass is 340 g/mol. The SMILES string of the molecule is CCNCc1cc(Br)c(OC(C#N)CC)c(OCC)c1. The maximum absolute atomic E-state index is 9.03. The molecule has 1 unspecified atom stereocenters. The van der Waals surface area contributed by atoms with Crippen molar-refractivity contribution in [1.82, 2.24) is 5.32 Å². The summed E-state index contributed by atoms with van der Waals surface area (Å²) in [4.78, 5) is 0. The van der Waals surface area contributed by atoms with Crippen molar-refractivity contribution in [3.63, 3.8) is 0 Å². The Morgan fingerprint density at radius 1 is 1.35 bits per heavy atom. The van der Waals surface area contributed by atoms with E-state index in [9.17, 15) is 0 Å². The van der Waals surface area contributed by atoms with E-state index in [0.29, 0.717) is 24.5 Å². The van der Waals surface area contributed by atoms with E-state index in [4.69, 9.17) is 14.7 Å². The first-order valence-electron chi connectivity index (χ1n) is 6.88. The summed E-state index contributed by atoms with van der Waals surface area (Å²) < 4.78 is 12.2. The van der Waals surface area contributed by atoms with Crippen LogP contribution in [0.1, 0.15) is 32.8 Å². The molecule has 0 amide bonds. The van der Waals surface area contributed by atoms with Gasteiger partial charge in [-0.05, 0) is 53.5 Å². The molecule has 0 heterocycles. The molecule has 0 aromatic heterocycles. The second-order valence-corrected chi connectivity index (χ2v) is 5.12. The summed E-state index contributed by atoms with van der Waals surface area (Å²) >= 11 is 3.50. The Hall–Kier alpha value is -1.25. The minimum Gasteiger partial charge on any atom is -0.490 e. The minimum atomic E-state index is -0.467. The highest BCUT2D eigenvalue weighted by Gasteiger charge is 2.16. The summed E-state index contributed by atoms with van der Waals surface area (Å²) in [5.41, 5.74) is 1.11. The van der Waals surface area contributed by atoms with Crippen molar-refractivity contribution in [2.75, 3.05) is 13.2 Å². The first-order chi connectivity index (χ1) is 9.65. The van der Waals surface area contributed by atoms with Crippen LogP contribution in [-0.4, -0.2) is 19.3 Å². The second kappa shape index (κ2) is 8.83. The van der Waals surface area contributed by atoms with Crippen LogP contribution in [0, 0.1) is 11.3 Å². The van der Waals surface area contributed by atoms with Crippen molar-refractivity contribution in [3.05, 3.63) is 22.2 Å². The van der Waals surface area contributed by atoms with Crippen molar-refractivity contribution < 1.29 is 9.47 Å². The van der Waals surface area contributed by atoms with E-state index in [0.717, 1.165) is 23.1 Å². The van der Waals surface area contributed by atoms with E-state index in [1.165, 1.54) is 0 Å². The van der Waals surface area contributed by atoms with Gasteiger partial charge in [0.2, 0.25) is 0 Å². The predicted molar refractivity (Wildman–Crippen MR) is 83.0 cm³/mol. The summed E-state index contributed by atoms with van der Waals surface area (Å²) in [6, 6.07) is 6.08. The summed E-state index contributed by atoms with van der Waals surface area (Å²) in [5.74, 6) is 1.27. The Morgan fingerprint density at radius 3 is 2.65 bits per heavy atom. The Morgan fingerprint density at radius 2 is 2.10 bits per heavy atom. The number of nitrogens with one attached hydrogen (secondary N) is 1. The molecule has 110 valence electrons. The molecule has 0 aliphatic carbocycles. The Kier molecular flexibility index (Phi) is 7.42. The number of benzene rings is 1. The zero-order valence-corrected chi connectivity index (χ0v) is 13.8. The molecule has 0 saturated heterocycles. The van der Waals surface area contributed by atoms with Gasteiger partial charge in [-0.15, -0.1) is 0 Å².